The van der Waals surface area contributed by atoms with Crippen LogP contribution in [0.1, 0.15) is 42.5 Å². The molecule has 1 unspecified atom stereocenters. The fourth-order valence-corrected chi connectivity index (χ4v) is 2.98. The molecule has 1 atom stereocenters. The largest absolute Gasteiger partial charge is 0.507 e. The highest BCUT2D eigenvalue weighted by molar-refractivity contribution is 5.97. The average Bonchev–Trinajstić information content (AvgIpc) is 2.53. The zero-order valence-electron chi connectivity index (χ0n) is 12.5. The smallest absolute Gasteiger partial charge is 0.255 e. The minimum Gasteiger partial charge on any atom is -0.507 e. The van der Waals surface area contributed by atoms with Gasteiger partial charge in [-0.2, -0.15) is 0 Å². The summed E-state index contributed by atoms with van der Waals surface area (Å²) in [7, 11) is 1.52. The van der Waals surface area contributed by atoms with Crippen LogP contribution in [0.15, 0.2) is 18.2 Å². The van der Waals surface area contributed by atoms with Crippen LogP contribution in [0.4, 0.5) is 0 Å². The number of carbonyl (C=O) groups is 1. The fraction of sp³-hybridized carbons (Fsp3) is 0.562. The Morgan fingerprint density at radius 1 is 1.43 bits per heavy atom. The second kappa shape index (κ2) is 7.31. The number of rotatable bonds is 5. The Bertz CT molecular complexity index is 484. The van der Waals surface area contributed by atoms with Crippen LogP contribution in [-0.4, -0.2) is 30.7 Å². The van der Waals surface area contributed by atoms with Gasteiger partial charge in [-0.15, -0.1) is 0 Å². The van der Waals surface area contributed by atoms with Crippen LogP contribution in [0.2, 0.25) is 0 Å². The minimum absolute atomic E-state index is 0.0284. The first kappa shape index (κ1) is 15.6. The van der Waals surface area contributed by atoms with Crippen molar-refractivity contribution in [2.45, 2.75) is 38.1 Å². The predicted molar refractivity (Wildman–Crippen MR) is 81.5 cm³/mol. The molecule has 0 radical (unpaired) electrons. The minimum atomic E-state index is -0.281. The van der Waals surface area contributed by atoms with Crippen molar-refractivity contribution in [3.05, 3.63) is 23.8 Å². The molecule has 1 aliphatic carbocycles. The Kier molecular flexibility index (Phi) is 5.44. The third kappa shape index (κ3) is 3.88. The normalized spacial score (nSPS) is 17.2. The van der Waals surface area contributed by atoms with Crippen LogP contribution in [0.5, 0.6) is 11.5 Å². The summed E-state index contributed by atoms with van der Waals surface area (Å²) >= 11 is 0. The van der Waals surface area contributed by atoms with Crippen molar-refractivity contribution >= 4 is 5.91 Å². The van der Waals surface area contributed by atoms with Crippen molar-refractivity contribution in [3.63, 3.8) is 0 Å². The van der Waals surface area contributed by atoms with E-state index in [1.54, 1.807) is 12.1 Å². The molecule has 116 valence electrons. The highest BCUT2D eigenvalue weighted by Gasteiger charge is 2.25. The number of nitrogens with two attached hydrogens (primary N) is 1. The molecule has 0 spiro atoms. The van der Waals surface area contributed by atoms with Crippen molar-refractivity contribution in [2.75, 3.05) is 13.7 Å². The second-order valence-corrected chi connectivity index (χ2v) is 5.60. The van der Waals surface area contributed by atoms with E-state index in [0.29, 0.717) is 18.2 Å². The summed E-state index contributed by atoms with van der Waals surface area (Å²) in [6.07, 6.45) is 5.88. The molecular weight excluding hydrogens is 268 g/mol. The molecule has 0 aromatic heterocycles. The summed E-state index contributed by atoms with van der Waals surface area (Å²) in [5.74, 6) is 0.599. The van der Waals surface area contributed by atoms with Crippen molar-refractivity contribution in [1.29, 1.82) is 0 Å². The van der Waals surface area contributed by atoms with Crippen LogP contribution >= 0.6 is 0 Å². The number of carbonyl (C=O) groups excluding carboxylic acids is 1. The number of phenolic OH excluding ortho intramolecular Hbond substituents is 1. The number of amides is 1. The lowest BCUT2D eigenvalue weighted by Crippen LogP contribution is -2.45. The number of methoxy groups -OCH3 is 1. The molecule has 1 amide bonds. The van der Waals surface area contributed by atoms with E-state index in [0.717, 1.165) is 12.8 Å². The highest BCUT2D eigenvalue weighted by Crippen LogP contribution is 2.27. The third-order valence-electron chi connectivity index (χ3n) is 4.24. The van der Waals surface area contributed by atoms with E-state index in [-0.39, 0.29) is 23.3 Å². The number of ether oxygens (including phenoxy) is 1. The summed E-state index contributed by atoms with van der Waals surface area (Å²) in [4.78, 5) is 12.3. The molecule has 2 rings (SSSR count). The molecule has 1 aliphatic rings. The maximum atomic E-state index is 12.3. The maximum Gasteiger partial charge on any atom is 0.255 e. The Labute approximate surface area is 125 Å². The Hall–Kier alpha value is -1.75. The van der Waals surface area contributed by atoms with Gasteiger partial charge in [0.25, 0.3) is 5.91 Å². The van der Waals surface area contributed by atoms with Gasteiger partial charge in [-0.1, -0.05) is 19.3 Å². The Morgan fingerprint density at radius 2 is 2.14 bits per heavy atom. The zero-order chi connectivity index (χ0) is 15.2. The quantitative estimate of drug-likeness (QED) is 0.775. The van der Waals surface area contributed by atoms with Crippen LogP contribution in [-0.2, 0) is 0 Å². The average molecular weight is 292 g/mol. The fourth-order valence-electron chi connectivity index (χ4n) is 2.98. The van der Waals surface area contributed by atoms with Gasteiger partial charge >= 0.3 is 0 Å². The summed E-state index contributed by atoms with van der Waals surface area (Å²) in [5, 5.41) is 12.9. The summed E-state index contributed by atoms with van der Waals surface area (Å²) < 4.78 is 5.02. The van der Waals surface area contributed by atoms with E-state index in [1.165, 1.54) is 32.4 Å². The van der Waals surface area contributed by atoms with Gasteiger partial charge in [0, 0.05) is 18.7 Å². The number of nitrogens with one attached hydrogen (secondary N) is 1. The SMILES string of the molecule is COc1ccc(C(=O)NC(CN)C2CCCCC2)c(O)c1. The first-order chi connectivity index (χ1) is 10.2. The predicted octanol–water partition coefficient (Wildman–Crippen LogP) is 2.04. The molecule has 1 aromatic rings. The molecule has 0 bridgehead atoms. The standard InChI is InChI=1S/C16H24N2O3/c1-21-12-7-8-13(15(19)9-12)16(20)18-14(10-17)11-5-3-2-4-6-11/h7-9,11,14,19H,2-6,10,17H2,1H3,(H,18,20). The number of hydrogen-bond donors (Lipinski definition) is 3. The van der Waals surface area contributed by atoms with Crippen LogP contribution in [0.3, 0.4) is 0 Å². The van der Waals surface area contributed by atoms with E-state index >= 15 is 0 Å². The molecule has 1 saturated carbocycles. The lowest BCUT2D eigenvalue weighted by Gasteiger charge is -2.30. The van der Waals surface area contributed by atoms with Gasteiger partial charge in [-0.05, 0) is 30.9 Å². The number of phenols is 1. The molecule has 21 heavy (non-hydrogen) atoms. The van der Waals surface area contributed by atoms with Gasteiger partial charge in [-0.3, -0.25) is 4.79 Å². The molecule has 0 heterocycles. The summed E-state index contributed by atoms with van der Waals surface area (Å²) in [5.41, 5.74) is 6.07. The van der Waals surface area contributed by atoms with Gasteiger partial charge < -0.3 is 20.9 Å². The molecule has 0 saturated heterocycles. The van der Waals surface area contributed by atoms with Gasteiger partial charge in [0.05, 0.1) is 12.7 Å². The van der Waals surface area contributed by atoms with E-state index in [4.69, 9.17) is 10.5 Å². The topological polar surface area (TPSA) is 84.6 Å². The van der Waals surface area contributed by atoms with Crippen molar-refractivity contribution in [2.24, 2.45) is 11.7 Å². The Balaban J connectivity index is 2.05. The van der Waals surface area contributed by atoms with Crippen molar-refractivity contribution in [3.8, 4) is 11.5 Å². The van der Waals surface area contributed by atoms with E-state index in [1.807, 2.05) is 0 Å². The third-order valence-corrected chi connectivity index (χ3v) is 4.24. The zero-order valence-corrected chi connectivity index (χ0v) is 12.5. The molecule has 4 N–H and O–H groups in total. The first-order valence-electron chi connectivity index (χ1n) is 7.53. The van der Waals surface area contributed by atoms with Crippen molar-refractivity contribution in [1.82, 2.24) is 5.32 Å². The lowest BCUT2D eigenvalue weighted by atomic mass is 9.84. The number of hydrogen-bond acceptors (Lipinski definition) is 4. The summed E-state index contributed by atoms with van der Waals surface area (Å²) in [6, 6.07) is 4.64. The first-order valence-corrected chi connectivity index (χ1v) is 7.53. The number of benzene rings is 1. The van der Waals surface area contributed by atoms with Gasteiger partial charge in [-0.25, -0.2) is 0 Å². The molecule has 1 aromatic carbocycles. The maximum absolute atomic E-state index is 12.3. The second-order valence-electron chi connectivity index (χ2n) is 5.60. The van der Waals surface area contributed by atoms with Gasteiger partial charge in [0.1, 0.15) is 11.5 Å². The Morgan fingerprint density at radius 3 is 2.71 bits per heavy atom. The van der Waals surface area contributed by atoms with Gasteiger partial charge in [0.2, 0.25) is 0 Å². The van der Waals surface area contributed by atoms with Crippen LogP contribution in [0, 0.1) is 5.92 Å². The van der Waals surface area contributed by atoms with Crippen LogP contribution in [0.25, 0.3) is 0 Å². The molecule has 1 fully saturated rings. The van der Waals surface area contributed by atoms with E-state index < -0.39 is 0 Å². The van der Waals surface area contributed by atoms with E-state index in [2.05, 4.69) is 5.32 Å². The molecular formula is C16H24N2O3. The molecule has 5 heteroatoms. The lowest BCUT2D eigenvalue weighted by molar-refractivity contribution is 0.0913. The molecule has 5 nitrogen and oxygen atoms in total. The number of aromatic hydroxyl groups is 1. The highest BCUT2D eigenvalue weighted by atomic mass is 16.5. The van der Waals surface area contributed by atoms with Crippen LogP contribution < -0.4 is 15.8 Å². The molecule has 0 aliphatic heterocycles. The van der Waals surface area contributed by atoms with E-state index in [9.17, 15) is 9.90 Å². The van der Waals surface area contributed by atoms with Gasteiger partial charge in [0.15, 0.2) is 0 Å². The van der Waals surface area contributed by atoms with Crippen molar-refractivity contribution < 1.29 is 14.6 Å². The monoisotopic (exact) mass is 292 g/mol. The summed E-state index contributed by atoms with van der Waals surface area (Å²) in [6.45, 7) is 0.424.